The fourth-order valence-electron chi connectivity index (χ4n) is 2.08. The second kappa shape index (κ2) is 5.23. The number of aromatic nitrogens is 3. The third-order valence-electron chi connectivity index (χ3n) is 3.06. The van der Waals surface area contributed by atoms with Crippen LogP contribution in [0, 0.1) is 0 Å². The molecule has 1 aliphatic rings. The summed E-state index contributed by atoms with van der Waals surface area (Å²) < 4.78 is 0. The van der Waals surface area contributed by atoms with Crippen molar-refractivity contribution in [2.75, 3.05) is 20.1 Å². The van der Waals surface area contributed by atoms with E-state index in [9.17, 15) is 0 Å². The van der Waals surface area contributed by atoms with Gasteiger partial charge in [0.25, 0.3) is 0 Å². The molecule has 1 aromatic rings. The minimum absolute atomic E-state index is 0.682. The van der Waals surface area contributed by atoms with Gasteiger partial charge >= 0.3 is 0 Å². The molecule has 2 heterocycles. The molecule has 0 radical (unpaired) electrons. The maximum Gasteiger partial charge on any atom is 0.138 e. The predicted octanol–water partition coefficient (Wildman–Crippen LogP) is 0.379. The fourth-order valence-corrected chi connectivity index (χ4v) is 2.08. The maximum absolute atomic E-state index is 4.08. The van der Waals surface area contributed by atoms with Crippen LogP contribution in [0.4, 0.5) is 0 Å². The molecule has 84 valence electrons. The second-order valence-electron chi connectivity index (χ2n) is 4.19. The third kappa shape index (κ3) is 3.00. The number of likely N-dealkylation sites (N-methyl/N-ethyl adjacent to an activating group) is 1. The number of hydrogen-bond acceptors (Lipinski definition) is 4. The molecule has 0 amide bonds. The van der Waals surface area contributed by atoms with Gasteiger partial charge in [-0.15, -0.1) is 0 Å². The van der Waals surface area contributed by atoms with Crippen molar-refractivity contribution in [2.45, 2.75) is 31.8 Å². The van der Waals surface area contributed by atoms with Crippen LogP contribution in [0.3, 0.4) is 0 Å². The van der Waals surface area contributed by atoms with Gasteiger partial charge in [0.2, 0.25) is 0 Å². The highest BCUT2D eigenvalue weighted by Gasteiger charge is 2.17. The van der Waals surface area contributed by atoms with Gasteiger partial charge in [0, 0.05) is 12.6 Å². The first-order valence-corrected chi connectivity index (χ1v) is 5.61. The number of aromatic amines is 1. The molecule has 5 heteroatoms. The van der Waals surface area contributed by atoms with Crippen molar-refractivity contribution >= 4 is 0 Å². The molecule has 5 nitrogen and oxygen atoms in total. The Bertz CT molecular complexity index is 271. The van der Waals surface area contributed by atoms with Gasteiger partial charge in [-0.25, -0.2) is 4.98 Å². The molecule has 1 unspecified atom stereocenters. The van der Waals surface area contributed by atoms with Gasteiger partial charge < -0.3 is 10.2 Å². The number of piperidine rings is 1. The van der Waals surface area contributed by atoms with E-state index in [1.807, 2.05) is 0 Å². The Kier molecular flexibility index (Phi) is 3.69. The molecule has 0 saturated carbocycles. The van der Waals surface area contributed by atoms with Gasteiger partial charge in [0.05, 0.1) is 6.54 Å². The van der Waals surface area contributed by atoms with E-state index in [1.54, 1.807) is 6.33 Å². The van der Waals surface area contributed by atoms with E-state index >= 15 is 0 Å². The second-order valence-corrected chi connectivity index (χ2v) is 4.19. The molecule has 15 heavy (non-hydrogen) atoms. The monoisotopic (exact) mass is 209 g/mol. The molecule has 1 saturated heterocycles. The Balaban J connectivity index is 1.68. The van der Waals surface area contributed by atoms with Gasteiger partial charge in [0.15, 0.2) is 0 Å². The highest BCUT2D eigenvalue weighted by Crippen LogP contribution is 2.13. The topological polar surface area (TPSA) is 56.8 Å². The van der Waals surface area contributed by atoms with Crippen LogP contribution in [-0.4, -0.2) is 46.3 Å². The lowest BCUT2D eigenvalue weighted by Crippen LogP contribution is -2.42. The van der Waals surface area contributed by atoms with Gasteiger partial charge in [-0.05, 0) is 26.4 Å². The normalized spacial score (nSPS) is 23.1. The van der Waals surface area contributed by atoms with Crippen molar-refractivity contribution in [3.05, 3.63) is 12.2 Å². The summed E-state index contributed by atoms with van der Waals surface area (Å²) in [6.07, 6.45) is 5.55. The predicted molar refractivity (Wildman–Crippen MR) is 58.4 cm³/mol. The molecule has 0 bridgehead atoms. The van der Waals surface area contributed by atoms with Crippen molar-refractivity contribution in [2.24, 2.45) is 0 Å². The number of rotatable bonds is 4. The van der Waals surface area contributed by atoms with Gasteiger partial charge in [-0.3, -0.25) is 5.10 Å². The minimum Gasteiger partial charge on any atom is -0.308 e. The summed E-state index contributed by atoms with van der Waals surface area (Å²) in [5.74, 6) is 0.911. The number of H-pyrrole nitrogens is 1. The van der Waals surface area contributed by atoms with E-state index in [2.05, 4.69) is 32.4 Å². The lowest BCUT2D eigenvalue weighted by atomic mass is 10.0. The van der Waals surface area contributed by atoms with Crippen LogP contribution in [0.25, 0.3) is 0 Å². The Morgan fingerprint density at radius 1 is 1.60 bits per heavy atom. The average molecular weight is 209 g/mol. The van der Waals surface area contributed by atoms with Crippen molar-refractivity contribution in [1.82, 2.24) is 25.4 Å². The summed E-state index contributed by atoms with van der Waals surface area (Å²) in [5, 5.41) is 10.1. The Hall–Kier alpha value is -0.940. The minimum atomic E-state index is 0.682. The molecule has 1 fully saturated rings. The first-order chi connectivity index (χ1) is 7.36. The Morgan fingerprint density at radius 2 is 2.53 bits per heavy atom. The van der Waals surface area contributed by atoms with Crippen LogP contribution in [0.1, 0.15) is 25.1 Å². The van der Waals surface area contributed by atoms with Crippen molar-refractivity contribution < 1.29 is 0 Å². The summed E-state index contributed by atoms with van der Waals surface area (Å²) >= 11 is 0. The summed E-state index contributed by atoms with van der Waals surface area (Å²) in [7, 11) is 2.21. The molecule has 0 aliphatic carbocycles. The lowest BCUT2D eigenvalue weighted by molar-refractivity contribution is 0.181. The lowest BCUT2D eigenvalue weighted by Gasteiger charge is -2.32. The quantitative estimate of drug-likeness (QED) is 0.752. The van der Waals surface area contributed by atoms with Crippen molar-refractivity contribution in [3.8, 4) is 0 Å². The zero-order valence-electron chi connectivity index (χ0n) is 9.24. The molecule has 1 aliphatic heterocycles. The van der Waals surface area contributed by atoms with E-state index in [1.165, 1.54) is 25.8 Å². The number of nitrogens with zero attached hydrogens (tertiary/aromatic N) is 3. The molecule has 1 aromatic heterocycles. The Labute approximate surface area is 90.3 Å². The zero-order valence-corrected chi connectivity index (χ0v) is 9.24. The number of nitrogens with one attached hydrogen (secondary N) is 2. The van der Waals surface area contributed by atoms with Crippen LogP contribution in [0.15, 0.2) is 6.33 Å². The highest BCUT2D eigenvalue weighted by molar-refractivity contribution is 4.81. The summed E-state index contributed by atoms with van der Waals surface area (Å²) in [4.78, 5) is 6.52. The average Bonchev–Trinajstić information content (AvgIpc) is 2.74. The van der Waals surface area contributed by atoms with E-state index < -0.39 is 0 Å². The smallest absolute Gasteiger partial charge is 0.138 e. The summed E-state index contributed by atoms with van der Waals surface area (Å²) in [5.41, 5.74) is 0. The SMILES string of the molecule is CN1CCCCC1CNCc1ncn[nH]1. The Morgan fingerprint density at radius 3 is 3.27 bits per heavy atom. The highest BCUT2D eigenvalue weighted by atomic mass is 15.2. The molecule has 2 rings (SSSR count). The molecule has 0 spiro atoms. The van der Waals surface area contributed by atoms with Gasteiger partial charge in [-0.2, -0.15) is 5.10 Å². The van der Waals surface area contributed by atoms with Gasteiger partial charge in [-0.1, -0.05) is 6.42 Å². The fraction of sp³-hybridized carbons (Fsp3) is 0.800. The molecular formula is C10H19N5. The van der Waals surface area contributed by atoms with E-state index in [-0.39, 0.29) is 0 Å². The summed E-state index contributed by atoms with van der Waals surface area (Å²) in [6.45, 7) is 3.05. The van der Waals surface area contributed by atoms with Crippen LogP contribution in [0.2, 0.25) is 0 Å². The van der Waals surface area contributed by atoms with E-state index in [0.717, 1.165) is 18.9 Å². The van der Waals surface area contributed by atoms with E-state index in [0.29, 0.717) is 6.04 Å². The maximum atomic E-state index is 4.08. The number of hydrogen-bond donors (Lipinski definition) is 2. The standard InChI is InChI=1S/C10H19N5/c1-15-5-3-2-4-9(15)6-11-7-10-12-8-13-14-10/h8-9,11H,2-7H2,1H3,(H,12,13,14). The van der Waals surface area contributed by atoms with Crippen LogP contribution < -0.4 is 5.32 Å². The van der Waals surface area contributed by atoms with Crippen molar-refractivity contribution in [1.29, 1.82) is 0 Å². The molecule has 1 atom stereocenters. The third-order valence-corrected chi connectivity index (χ3v) is 3.06. The largest absolute Gasteiger partial charge is 0.308 e. The molecule has 0 aromatic carbocycles. The van der Waals surface area contributed by atoms with Gasteiger partial charge in [0.1, 0.15) is 12.2 Å². The molecule has 2 N–H and O–H groups in total. The van der Waals surface area contributed by atoms with E-state index in [4.69, 9.17) is 0 Å². The van der Waals surface area contributed by atoms with Crippen LogP contribution in [-0.2, 0) is 6.54 Å². The summed E-state index contributed by atoms with van der Waals surface area (Å²) in [6, 6.07) is 0.682. The van der Waals surface area contributed by atoms with Crippen molar-refractivity contribution in [3.63, 3.8) is 0 Å². The first kappa shape index (κ1) is 10.6. The van der Waals surface area contributed by atoms with Crippen LogP contribution in [0.5, 0.6) is 0 Å². The molecular weight excluding hydrogens is 190 g/mol. The number of likely N-dealkylation sites (tertiary alicyclic amines) is 1. The van der Waals surface area contributed by atoms with Crippen LogP contribution >= 0.6 is 0 Å². The first-order valence-electron chi connectivity index (χ1n) is 5.61. The zero-order chi connectivity index (χ0) is 10.5.